The monoisotopic (exact) mass is 448 g/mol. The number of rotatable bonds is 3. The Morgan fingerprint density at radius 2 is 1.97 bits per heavy atom. The van der Waals surface area contributed by atoms with E-state index in [4.69, 9.17) is 4.74 Å². The number of pyridine rings is 1. The maximum absolute atomic E-state index is 14.0. The first kappa shape index (κ1) is 22.0. The Hall–Kier alpha value is -3.21. The van der Waals surface area contributed by atoms with E-state index in [1.54, 1.807) is 17.0 Å². The molecule has 32 heavy (non-hydrogen) atoms. The summed E-state index contributed by atoms with van der Waals surface area (Å²) in [5, 5.41) is 3.90. The molecule has 0 saturated carbocycles. The van der Waals surface area contributed by atoms with Gasteiger partial charge in [-0.1, -0.05) is 0 Å². The number of piperazine rings is 1. The molecule has 170 valence electrons. The van der Waals surface area contributed by atoms with Crippen LogP contribution in [0.25, 0.3) is 16.9 Å². The average molecular weight is 448 g/mol. The first-order chi connectivity index (χ1) is 15.1. The van der Waals surface area contributed by atoms with Gasteiger partial charge in [-0.25, -0.2) is 14.5 Å². The van der Waals surface area contributed by atoms with Gasteiger partial charge in [-0.15, -0.1) is 0 Å². The highest BCUT2D eigenvalue weighted by atomic mass is 19.4. The van der Waals surface area contributed by atoms with Gasteiger partial charge in [0.2, 0.25) is 5.88 Å². The molecule has 0 radical (unpaired) electrons. The molecule has 3 aromatic rings. The molecule has 1 saturated heterocycles. The molecule has 0 spiro atoms. The lowest BCUT2D eigenvalue weighted by Gasteiger charge is -2.38. The van der Waals surface area contributed by atoms with Crippen LogP contribution in [0.3, 0.4) is 0 Å². The quantitative estimate of drug-likeness (QED) is 0.614. The average Bonchev–Trinajstić information content (AvgIpc) is 3.15. The van der Waals surface area contributed by atoms with Crippen LogP contribution in [0.4, 0.5) is 13.2 Å². The zero-order valence-corrected chi connectivity index (χ0v) is 18.1. The molecule has 0 bridgehead atoms. The molecule has 1 amide bonds. The van der Waals surface area contributed by atoms with Crippen LogP contribution in [0.15, 0.2) is 24.5 Å². The van der Waals surface area contributed by atoms with Gasteiger partial charge in [-0.3, -0.25) is 4.79 Å². The number of alkyl halides is 3. The highest BCUT2D eigenvalue weighted by Gasteiger charge is 2.39. The molecule has 11 heteroatoms. The highest BCUT2D eigenvalue weighted by molar-refractivity contribution is 6.00. The van der Waals surface area contributed by atoms with E-state index in [0.29, 0.717) is 35.6 Å². The Morgan fingerprint density at radius 1 is 1.22 bits per heavy atom. The summed E-state index contributed by atoms with van der Waals surface area (Å²) in [4.78, 5) is 25.6. The molecule has 1 fully saturated rings. The summed E-state index contributed by atoms with van der Waals surface area (Å²) < 4.78 is 47.9. The van der Waals surface area contributed by atoms with E-state index in [1.807, 2.05) is 14.0 Å². The first-order valence-electron chi connectivity index (χ1n) is 10.1. The van der Waals surface area contributed by atoms with E-state index in [0.717, 1.165) is 0 Å². The van der Waals surface area contributed by atoms with E-state index in [1.165, 1.54) is 26.4 Å². The molecular formula is C21H23F3N6O2. The Morgan fingerprint density at radius 3 is 2.56 bits per heavy atom. The maximum Gasteiger partial charge on any atom is 0.433 e. The third-order valence-electron chi connectivity index (χ3n) is 5.69. The second kappa shape index (κ2) is 8.05. The summed E-state index contributed by atoms with van der Waals surface area (Å²) in [6.07, 6.45) is -2.14. The molecule has 8 nitrogen and oxygen atoms in total. The topological polar surface area (TPSA) is 75.9 Å². The molecule has 0 aliphatic carbocycles. The number of fused-ring (bicyclic) bond motifs is 1. The number of nitrogens with zero attached hydrogens (tertiary/aromatic N) is 6. The molecule has 1 aliphatic rings. The van der Waals surface area contributed by atoms with Crippen molar-refractivity contribution < 1.29 is 22.7 Å². The Balaban J connectivity index is 1.89. The molecule has 4 heterocycles. The molecule has 3 aromatic heterocycles. The number of methoxy groups -OCH3 is 1. The zero-order chi connectivity index (χ0) is 23.2. The van der Waals surface area contributed by atoms with Crippen molar-refractivity contribution in [1.82, 2.24) is 29.4 Å². The molecule has 4 rings (SSSR count). The van der Waals surface area contributed by atoms with Crippen molar-refractivity contribution in [2.24, 2.45) is 0 Å². The van der Waals surface area contributed by atoms with E-state index < -0.39 is 11.9 Å². The summed E-state index contributed by atoms with van der Waals surface area (Å²) in [7, 11) is 3.41. The van der Waals surface area contributed by atoms with Crippen molar-refractivity contribution in [2.45, 2.75) is 26.1 Å². The molecule has 1 atom stereocenters. The summed E-state index contributed by atoms with van der Waals surface area (Å²) in [6.45, 7) is 5.07. The van der Waals surface area contributed by atoms with Gasteiger partial charge in [0.1, 0.15) is 5.56 Å². The van der Waals surface area contributed by atoms with Crippen molar-refractivity contribution in [3.63, 3.8) is 0 Å². The lowest BCUT2D eigenvalue weighted by Crippen LogP contribution is -2.52. The summed E-state index contributed by atoms with van der Waals surface area (Å²) in [6, 6.07) is 3.04. The van der Waals surface area contributed by atoms with E-state index in [2.05, 4.69) is 20.0 Å². The minimum Gasteiger partial charge on any atom is -0.481 e. The first-order valence-corrected chi connectivity index (χ1v) is 10.1. The zero-order valence-electron chi connectivity index (χ0n) is 18.1. The Bertz CT molecular complexity index is 1160. The summed E-state index contributed by atoms with van der Waals surface area (Å²) >= 11 is 0. The van der Waals surface area contributed by atoms with Crippen molar-refractivity contribution in [3.05, 3.63) is 41.3 Å². The SMILES string of the molecule is COc1ccc(-c2nc3c(C(=O)N4CCN(C)C[C@H]4C)cnn3c(C(F)(F)F)c2C)cn1. The minimum atomic E-state index is -4.70. The lowest BCUT2D eigenvalue weighted by molar-refractivity contribution is -0.143. The van der Waals surface area contributed by atoms with Gasteiger partial charge in [0, 0.05) is 49.1 Å². The van der Waals surface area contributed by atoms with Crippen molar-refractivity contribution in [3.8, 4) is 17.1 Å². The van der Waals surface area contributed by atoms with Gasteiger partial charge in [0.05, 0.1) is 19.0 Å². The number of likely N-dealkylation sites (N-methyl/N-ethyl adjacent to an activating group) is 1. The number of amides is 1. The minimum absolute atomic E-state index is 0.0367. The van der Waals surface area contributed by atoms with Crippen molar-refractivity contribution in [2.75, 3.05) is 33.8 Å². The Labute approximate surface area is 182 Å². The van der Waals surface area contributed by atoms with Gasteiger partial charge in [0.25, 0.3) is 5.91 Å². The van der Waals surface area contributed by atoms with Crippen LogP contribution in [-0.2, 0) is 6.18 Å². The third kappa shape index (κ3) is 3.77. The van der Waals surface area contributed by atoms with Crippen LogP contribution < -0.4 is 4.74 Å². The van der Waals surface area contributed by atoms with Crippen LogP contribution in [0, 0.1) is 6.92 Å². The normalized spacial score (nSPS) is 17.7. The number of carbonyl (C=O) groups is 1. The second-order valence-corrected chi connectivity index (χ2v) is 7.92. The lowest BCUT2D eigenvalue weighted by atomic mass is 10.1. The van der Waals surface area contributed by atoms with Crippen LogP contribution >= 0.6 is 0 Å². The number of carbonyl (C=O) groups excluding carboxylic acids is 1. The fourth-order valence-corrected chi connectivity index (χ4v) is 4.08. The van der Waals surface area contributed by atoms with Crippen molar-refractivity contribution >= 4 is 11.6 Å². The molecular weight excluding hydrogens is 425 g/mol. The molecule has 0 N–H and O–H groups in total. The standard InChI is InChI=1S/C21H23F3N6O2/c1-12-11-28(3)7-8-29(12)20(31)15-10-26-30-18(21(22,23)24)13(2)17(27-19(15)30)14-5-6-16(32-4)25-9-14/h5-6,9-10,12H,7-8,11H2,1-4H3/t12-/m1/s1. The van der Waals surface area contributed by atoms with Gasteiger partial charge in [0.15, 0.2) is 11.3 Å². The molecule has 0 unspecified atom stereocenters. The number of halogens is 3. The summed E-state index contributed by atoms with van der Waals surface area (Å²) in [5.74, 6) is -0.0586. The number of ether oxygens (including phenoxy) is 1. The number of hydrogen-bond donors (Lipinski definition) is 0. The van der Waals surface area contributed by atoms with Crippen molar-refractivity contribution in [1.29, 1.82) is 0 Å². The van der Waals surface area contributed by atoms with Gasteiger partial charge >= 0.3 is 6.18 Å². The maximum atomic E-state index is 14.0. The smallest absolute Gasteiger partial charge is 0.433 e. The molecule has 1 aliphatic heterocycles. The van der Waals surface area contributed by atoms with Crippen LogP contribution in [0.1, 0.15) is 28.5 Å². The largest absolute Gasteiger partial charge is 0.481 e. The van der Waals surface area contributed by atoms with Crippen LogP contribution in [0.5, 0.6) is 5.88 Å². The van der Waals surface area contributed by atoms with Gasteiger partial charge < -0.3 is 14.5 Å². The van der Waals surface area contributed by atoms with E-state index in [-0.39, 0.29) is 34.4 Å². The van der Waals surface area contributed by atoms with Gasteiger partial charge in [-0.05, 0) is 27.0 Å². The fourth-order valence-electron chi connectivity index (χ4n) is 4.08. The predicted molar refractivity (Wildman–Crippen MR) is 111 cm³/mol. The number of hydrogen-bond acceptors (Lipinski definition) is 6. The Kier molecular flexibility index (Phi) is 5.53. The summed E-state index contributed by atoms with van der Waals surface area (Å²) in [5.41, 5.74) is -0.713. The predicted octanol–water partition coefficient (Wildman–Crippen LogP) is 2.90. The van der Waals surface area contributed by atoms with Gasteiger partial charge in [-0.2, -0.15) is 18.3 Å². The van der Waals surface area contributed by atoms with Crippen LogP contribution in [0.2, 0.25) is 0 Å². The third-order valence-corrected chi connectivity index (χ3v) is 5.69. The highest BCUT2D eigenvalue weighted by Crippen LogP contribution is 2.36. The number of aromatic nitrogens is 4. The fraction of sp³-hybridized carbons (Fsp3) is 0.429. The second-order valence-electron chi connectivity index (χ2n) is 7.92. The van der Waals surface area contributed by atoms with Crippen LogP contribution in [-0.4, -0.2) is 75.1 Å². The van der Waals surface area contributed by atoms with E-state index >= 15 is 0 Å². The van der Waals surface area contributed by atoms with E-state index in [9.17, 15) is 18.0 Å². The molecule has 0 aromatic carbocycles.